The van der Waals surface area contributed by atoms with Crippen LogP contribution in [0.1, 0.15) is 58.1 Å². The summed E-state index contributed by atoms with van der Waals surface area (Å²) >= 11 is 0. The molecule has 0 spiro atoms. The molecule has 2 rings (SSSR count). The van der Waals surface area contributed by atoms with E-state index in [1.165, 1.54) is 24.8 Å². The van der Waals surface area contributed by atoms with E-state index >= 15 is 0 Å². The number of guanidine groups is 1. The van der Waals surface area contributed by atoms with Crippen LogP contribution in [0.2, 0.25) is 0 Å². The van der Waals surface area contributed by atoms with E-state index in [1.807, 2.05) is 19.2 Å². The molecular weight excluding hydrogens is 338 g/mol. The van der Waals surface area contributed by atoms with Crippen molar-refractivity contribution in [1.29, 1.82) is 0 Å². The first-order valence-electron chi connectivity index (χ1n) is 10.2. The molecule has 0 radical (unpaired) electrons. The van der Waals surface area contributed by atoms with E-state index in [0.717, 1.165) is 37.9 Å². The highest BCUT2D eigenvalue weighted by Crippen LogP contribution is 2.43. The van der Waals surface area contributed by atoms with Crippen molar-refractivity contribution in [2.75, 3.05) is 33.9 Å². The Bertz CT molecular complexity index is 580. The second-order valence-electron chi connectivity index (χ2n) is 8.16. The molecule has 1 unspecified atom stereocenters. The Balaban J connectivity index is 1.84. The molecule has 0 saturated heterocycles. The van der Waals surface area contributed by atoms with E-state index in [9.17, 15) is 0 Å². The highest BCUT2D eigenvalue weighted by molar-refractivity contribution is 5.80. The third-order valence-corrected chi connectivity index (χ3v) is 5.42. The Morgan fingerprint density at radius 3 is 2.41 bits per heavy atom. The first kappa shape index (κ1) is 21.5. The SMILES string of the molecule is CN=C(NCC1(CCOC)CCC1)NC(C)c1ccc(OCC(C)C)cc1. The van der Waals surface area contributed by atoms with Gasteiger partial charge in [-0.15, -0.1) is 0 Å². The van der Waals surface area contributed by atoms with Crippen LogP contribution in [0.4, 0.5) is 0 Å². The summed E-state index contributed by atoms with van der Waals surface area (Å²) < 4.78 is 11.0. The van der Waals surface area contributed by atoms with Crippen molar-refractivity contribution in [3.63, 3.8) is 0 Å². The zero-order chi connectivity index (χ0) is 19.7. The molecule has 1 aromatic carbocycles. The average Bonchev–Trinajstić information content (AvgIpc) is 2.64. The molecule has 1 atom stereocenters. The van der Waals surface area contributed by atoms with Gasteiger partial charge in [0.25, 0.3) is 0 Å². The van der Waals surface area contributed by atoms with Crippen LogP contribution in [0.25, 0.3) is 0 Å². The van der Waals surface area contributed by atoms with Gasteiger partial charge in [0.2, 0.25) is 0 Å². The van der Waals surface area contributed by atoms with Crippen molar-refractivity contribution < 1.29 is 9.47 Å². The summed E-state index contributed by atoms with van der Waals surface area (Å²) in [4.78, 5) is 4.40. The molecule has 5 nitrogen and oxygen atoms in total. The summed E-state index contributed by atoms with van der Waals surface area (Å²) in [6.45, 7) is 8.99. The topological polar surface area (TPSA) is 54.9 Å². The molecule has 1 aliphatic rings. The van der Waals surface area contributed by atoms with Crippen LogP contribution >= 0.6 is 0 Å². The van der Waals surface area contributed by atoms with Gasteiger partial charge < -0.3 is 20.1 Å². The van der Waals surface area contributed by atoms with Gasteiger partial charge in [-0.2, -0.15) is 0 Å². The number of benzene rings is 1. The maximum Gasteiger partial charge on any atom is 0.191 e. The summed E-state index contributed by atoms with van der Waals surface area (Å²) in [5, 5.41) is 7.02. The molecule has 1 saturated carbocycles. The van der Waals surface area contributed by atoms with Crippen molar-refractivity contribution in [2.45, 2.75) is 52.5 Å². The Morgan fingerprint density at radius 1 is 1.19 bits per heavy atom. The lowest BCUT2D eigenvalue weighted by molar-refractivity contribution is 0.0732. The Morgan fingerprint density at radius 2 is 1.89 bits per heavy atom. The van der Waals surface area contributed by atoms with Crippen LogP contribution in [0.3, 0.4) is 0 Å². The molecule has 2 N–H and O–H groups in total. The van der Waals surface area contributed by atoms with E-state index in [4.69, 9.17) is 9.47 Å². The lowest BCUT2D eigenvalue weighted by atomic mass is 9.67. The molecule has 1 aliphatic carbocycles. The molecule has 27 heavy (non-hydrogen) atoms. The molecule has 0 aromatic heterocycles. The summed E-state index contributed by atoms with van der Waals surface area (Å²) in [5.41, 5.74) is 1.58. The minimum Gasteiger partial charge on any atom is -0.493 e. The highest BCUT2D eigenvalue weighted by Gasteiger charge is 2.36. The van der Waals surface area contributed by atoms with E-state index in [-0.39, 0.29) is 6.04 Å². The summed E-state index contributed by atoms with van der Waals surface area (Å²) in [6.07, 6.45) is 4.97. The van der Waals surface area contributed by atoms with Crippen LogP contribution in [0.5, 0.6) is 5.75 Å². The van der Waals surface area contributed by atoms with Crippen LogP contribution in [-0.2, 0) is 4.74 Å². The number of nitrogens with one attached hydrogen (secondary N) is 2. The molecule has 1 aromatic rings. The fourth-order valence-electron chi connectivity index (χ4n) is 3.38. The molecule has 152 valence electrons. The zero-order valence-corrected chi connectivity index (χ0v) is 17.7. The number of hydrogen-bond acceptors (Lipinski definition) is 3. The quantitative estimate of drug-likeness (QED) is 0.476. The molecule has 0 bridgehead atoms. The fourth-order valence-corrected chi connectivity index (χ4v) is 3.38. The number of ether oxygens (including phenoxy) is 2. The second-order valence-corrected chi connectivity index (χ2v) is 8.16. The van der Waals surface area contributed by atoms with Crippen LogP contribution in [0, 0.1) is 11.3 Å². The molecule has 0 amide bonds. The molecular formula is C22H37N3O2. The van der Waals surface area contributed by atoms with Crippen molar-refractivity contribution in [3.8, 4) is 5.75 Å². The van der Waals surface area contributed by atoms with Crippen molar-refractivity contribution >= 4 is 5.96 Å². The molecule has 1 fully saturated rings. The normalized spacial score (nSPS) is 17.3. The van der Waals surface area contributed by atoms with Gasteiger partial charge in [0, 0.05) is 27.3 Å². The smallest absolute Gasteiger partial charge is 0.191 e. The Kier molecular flexibility index (Phi) is 8.42. The summed E-state index contributed by atoms with van der Waals surface area (Å²) in [5.74, 6) is 2.31. The molecule has 0 aliphatic heterocycles. The number of hydrogen-bond donors (Lipinski definition) is 2. The van der Waals surface area contributed by atoms with Gasteiger partial charge in [-0.25, -0.2) is 0 Å². The lowest BCUT2D eigenvalue weighted by Crippen LogP contribution is -2.47. The largest absolute Gasteiger partial charge is 0.493 e. The fraction of sp³-hybridized carbons (Fsp3) is 0.682. The van der Waals surface area contributed by atoms with Gasteiger partial charge in [0.05, 0.1) is 12.6 Å². The van der Waals surface area contributed by atoms with Crippen molar-refractivity contribution in [2.24, 2.45) is 16.3 Å². The number of methoxy groups -OCH3 is 1. The third-order valence-electron chi connectivity index (χ3n) is 5.42. The van der Waals surface area contributed by atoms with E-state index in [2.05, 4.69) is 48.5 Å². The van der Waals surface area contributed by atoms with Gasteiger partial charge in [-0.3, -0.25) is 4.99 Å². The van der Waals surface area contributed by atoms with Crippen LogP contribution < -0.4 is 15.4 Å². The molecule has 0 heterocycles. The van der Waals surface area contributed by atoms with Gasteiger partial charge in [0.1, 0.15) is 5.75 Å². The maximum atomic E-state index is 5.76. The van der Waals surface area contributed by atoms with Gasteiger partial charge in [0.15, 0.2) is 5.96 Å². The van der Waals surface area contributed by atoms with Crippen molar-refractivity contribution in [1.82, 2.24) is 10.6 Å². The van der Waals surface area contributed by atoms with E-state index < -0.39 is 0 Å². The number of aliphatic imine (C=N–C) groups is 1. The maximum absolute atomic E-state index is 5.76. The second kappa shape index (κ2) is 10.5. The van der Waals surface area contributed by atoms with Crippen molar-refractivity contribution in [3.05, 3.63) is 29.8 Å². The monoisotopic (exact) mass is 375 g/mol. The summed E-state index contributed by atoms with van der Waals surface area (Å²) in [6, 6.07) is 8.49. The lowest BCUT2D eigenvalue weighted by Gasteiger charge is -2.42. The van der Waals surface area contributed by atoms with Crippen LogP contribution in [0.15, 0.2) is 29.3 Å². The van der Waals surface area contributed by atoms with Crippen LogP contribution in [-0.4, -0.2) is 39.9 Å². The van der Waals surface area contributed by atoms with E-state index in [1.54, 1.807) is 7.11 Å². The van der Waals surface area contributed by atoms with Gasteiger partial charge in [-0.05, 0) is 55.2 Å². The first-order chi connectivity index (χ1) is 13.0. The summed E-state index contributed by atoms with van der Waals surface area (Å²) in [7, 11) is 3.61. The third kappa shape index (κ3) is 6.73. The first-order valence-corrected chi connectivity index (χ1v) is 10.2. The Hall–Kier alpha value is -1.75. The predicted molar refractivity (Wildman–Crippen MR) is 112 cm³/mol. The minimum absolute atomic E-state index is 0.173. The molecule has 5 heteroatoms. The zero-order valence-electron chi connectivity index (χ0n) is 17.7. The predicted octanol–water partition coefficient (Wildman–Crippen LogP) is 4.15. The minimum atomic E-state index is 0.173. The number of nitrogens with zero attached hydrogens (tertiary/aromatic N) is 1. The van der Waals surface area contributed by atoms with Gasteiger partial charge in [-0.1, -0.05) is 32.4 Å². The van der Waals surface area contributed by atoms with Gasteiger partial charge >= 0.3 is 0 Å². The van der Waals surface area contributed by atoms with E-state index in [0.29, 0.717) is 11.3 Å². The average molecular weight is 376 g/mol. The highest BCUT2D eigenvalue weighted by atomic mass is 16.5. The standard InChI is InChI=1S/C22H37N3O2/c1-17(2)15-27-20-9-7-19(8-10-20)18(3)25-21(23-4)24-16-22(11-6-12-22)13-14-26-5/h7-10,17-18H,6,11-16H2,1-5H3,(H2,23,24,25). The Labute approximate surface area is 164 Å². The number of rotatable bonds is 10.